The fourth-order valence-electron chi connectivity index (χ4n) is 1.61. The van der Waals surface area contributed by atoms with Crippen molar-refractivity contribution in [3.63, 3.8) is 0 Å². The molecule has 0 fully saturated rings. The summed E-state index contributed by atoms with van der Waals surface area (Å²) in [5.41, 5.74) is 0.0496. The number of aliphatic hydroxyl groups excluding tert-OH is 1. The predicted molar refractivity (Wildman–Crippen MR) is 76.5 cm³/mol. The van der Waals surface area contributed by atoms with Crippen LogP contribution < -0.4 is 5.32 Å². The molecule has 0 bridgehead atoms. The number of aliphatic hydroxyl groups is 1. The van der Waals surface area contributed by atoms with E-state index in [-0.39, 0.29) is 23.7 Å². The van der Waals surface area contributed by atoms with E-state index in [0.29, 0.717) is 10.9 Å². The van der Waals surface area contributed by atoms with Crippen LogP contribution in [0, 0.1) is 10.1 Å². The molecule has 0 saturated heterocycles. The Hall–Kier alpha value is -1.34. The lowest BCUT2D eigenvalue weighted by molar-refractivity contribution is -0.384. The highest BCUT2D eigenvalue weighted by Gasteiger charge is 2.17. The molecule has 1 aromatic rings. The van der Waals surface area contributed by atoms with Crippen LogP contribution >= 0.6 is 15.9 Å². The number of nitro groups is 1. The number of phenols is 1. The van der Waals surface area contributed by atoms with Gasteiger partial charge in [0.15, 0.2) is 0 Å². The Morgan fingerprint density at radius 3 is 2.79 bits per heavy atom. The van der Waals surface area contributed by atoms with Crippen LogP contribution in [0.5, 0.6) is 5.75 Å². The number of nitro benzene ring substituents is 1. The minimum absolute atomic E-state index is 0.191. The minimum atomic E-state index is -0.576. The lowest BCUT2D eigenvalue weighted by atomic mass is 10.1. The van der Waals surface area contributed by atoms with Gasteiger partial charge in [-0.25, -0.2) is 0 Å². The first kappa shape index (κ1) is 15.7. The molecule has 1 aromatic carbocycles. The van der Waals surface area contributed by atoms with Gasteiger partial charge in [-0.3, -0.25) is 10.1 Å². The van der Waals surface area contributed by atoms with Crippen molar-refractivity contribution in [2.45, 2.75) is 32.3 Å². The fraction of sp³-hybridized carbons (Fsp3) is 0.500. The summed E-state index contributed by atoms with van der Waals surface area (Å²) in [5, 5.41) is 32.9. The van der Waals surface area contributed by atoms with Gasteiger partial charge >= 0.3 is 0 Å². The summed E-state index contributed by atoms with van der Waals surface area (Å²) in [5.74, 6) is -0.191. The fourth-order valence-corrected chi connectivity index (χ4v) is 1.96. The number of benzene rings is 1. The van der Waals surface area contributed by atoms with E-state index in [2.05, 4.69) is 21.2 Å². The number of nitrogens with zero attached hydrogens (tertiary/aromatic N) is 1. The molecule has 0 heterocycles. The van der Waals surface area contributed by atoms with Crippen LogP contribution in [0.2, 0.25) is 0 Å². The maximum absolute atomic E-state index is 10.9. The third-order valence-electron chi connectivity index (χ3n) is 2.68. The number of rotatable bonds is 7. The number of hydrogen-bond donors (Lipinski definition) is 3. The number of aromatic hydroxyl groups is 1. The van der Waals surface area contributed by atoms with Crippen LogP contribution in [-0.4, -0.2) is 27.8 Å². The van der Waals surface area contributed by atoms with Gasteiger partial charge in [0.1, 0.15) is 11.4 Å². The van der Waals surface area contributed by atoms with Crippen molar-refractivity contribution >= 4 is 27.3 Å². The molecular weight excluding hydrogens is 316 g/mol. The van der Waals surface area contributed by atoms with Crippen molar-refractivity contribution in [3.05, 3.63) is 26.7 Å². The number of halogens is 1. The Labute approximate surface area is 119 Å². The van der Waals surface area contributed by atoms with Gasteiger partial charge in [-0.2, -0.15) is 0 Å². The molecule has 106 valence electrons. The van der Waals surface area contributed by atoms with Gasteiger partial charge in [0.2, 0.25) is 0 Å². The largest absolute Gasteiger partial charge is 0.507 e. The molecule has 0 aliphatic rings. The summed E-state index contributed by atoms with van der Waals surface area (Å²) in [4.78, 5) is 10.3. The summed E-state index contributed by atoms with van der Waals surface area (Å²) in [6.45, 7) is 2.26. The average molecular weight is 333 g/mol. The van der Waals surface area contributed by atoms with Gasteiger partial charge in [0, 0.05) is 6.54 Å². The Morgan fingerprint density at radius 2 is 2.21 bits per heavy atom. The van der Waals surface area contributed by atoms with Crippen molar-refractivity contribution in [2.75, 3.05) is 11.9 Å². The number of hydrogen-bond acceptors (Lipinski definition) is 5. The molecule has 6 nitrogen and oxygen atoms in total. The quantitative estimate of drug-likeness (QED) is 0.405. The lowest BCUT2D eigenvalue weighted by Gasteiger charge is -2.13. The number of nitrogens with one attached hydrogen (secondary N) is 1. The normalized spacial score (nSPS) is 12.2. The van der Waals surface area contributed by atoms with Crippen molar-refractivity contribution in [2.24, 2.45) is 0 Å². The van der Waals surface area contributed by atoms with E-state index in [1.165, 1.54) is 6.07 Å². The average Bonchev–Trinajstić information content (AvgIpc) is 2.36. The standard InChI is InChI=1S/C12H17BrN2O4/c1-2-3-4-8(16)7-14-10-5-9(13)12(17)6-11(10)15(18)19/h5-6,8,14,16-17H,2-4,7H2,1H3. The van der Waals surface area contributed by atoms with E-state index in [9.17, 15) is 20.3 Å². The number of phenolic OH excluding ortho intramolecular Hbond substituents is 1. The molecule has 0 aliphatic heterocycles. The molecule has 0 spiro atoms. The van der Waals surface area contributed by atoms with E-state index in [1.54, 1.807) is 0 Å². The molecule has 0 radical (unpaired) electrons. The van der Waals surface area contributed by atoms with Crippen molar-refractivity contribution in [1.82, 2.24) is 0 Å². The zero-order valence-corrected chi connectivity index (χ0v) is 12.2. The van der Waals surface area contributed by atoms with Gasteiger partial charge < -0.3 is 15.5 Å². The minimum Gasteiger partial charge on any atom is -0.507 e. The maximum atomic E-state index is 10.9. The van der Waals surface area contributed by atoms with Gasteiger partial charge in [-0.15, -0.1) is 0 Å². The Morgan fingerprint density at radius 1 is 1.53 bits per heavy atom. The molecule has 1 atom stereocenters. The molecule has 0 aromatic heterocycles. The molecule has 0 saturated carbocycles. The molecule has 1 rings (SSSR count). The van der Waals surface area contributed by atoms with Crippen LogP contribution in [0.1, 0.15) is 26.2 Å². The van der Waals surface area contributed by atoms with Crippen LogP contribution in [0.15, 0.2) is 16.6 Å². The summed E-state index contributed by atoms with van der Waals surface area (Å²) < 4.78 is 0.364. The molecular formula is C12H17BrN2O4. The third-order valence-corrected chi connectivity index (χ3v) is 3.32. The first-order chi connectivity index (χ1) is 8.95. The molecule has 1 unspecified atom stereocenters. The molecule has 3 N–H and O–H groups in total. The highest BCUT2D eigenvalue weighted by Crippen LogP contribution is 2.35. The first-order valence-corrected chi connectivity index (χ1v) is 6.83. The Bertz CT molecular complexity index is 454. The van der Waals surface area contributed by atoms with Gasteiger partial charge in [0.25, 0.3) is 5.69 Å². The van der Waals surface area contributed by atoms with Gasteiger partial charge in [-0.1, -0.05) is 19.8 Å². The van der Waals surface area contributed by atoms with Crippen LogP contribution in [0.25, 0.3) is 0 Å². The smallest absolute Gasteiger partial charge is 0.296 e. The van der Waals surface area contributed by atoms with E-state index in [4.69, 9.17) is 0 Å². The van der Waals surface area contributed by atoms with E-state index in [0.717, 1.165) is 18.9 Å². The van der Waals surface area contributed by atoms with Crippen LogP contribution in [0.3, 0.4) is 0 Å². The van der Waals surface area contributed by atoms with Crippen molar-refractivity contribution in [3.8, 4) is 5.75 Å². The van der Waals surface area contributed by atoms with Gasteiger partial charge in [0.05, 0.1) is 21.6 Å². The van der Waals surface area contributed by atoms with Crippen molar-refractivity contribution in [1.29, 1.82) is 0 Å². The highest BCUT2D eigenvalue weighted by molar-refractivity contribution is 9.10. The molecule has 0 amide bonds. The summed E-state index contributed by atoms with van der Waals surface area (Å²) in [6, 6.07) is 2.50. The first-order valence-electron chi connectivity index (χ1n) is 6.04. The highest BCUT2D eigenvalue weighted by atomic mass is 79.9. The Kier molecular flexibility index (Phi) is 6.04. The number of unbranched alkanes of at least 4 members (excludes halogenated alkanes) is 1. The van der Waals surface area contributed by atoms with E-state index >= 15 is 0 Å². The van der Waals surface area contributed by atoms with Crippen molar-refractivity contribution < 1.29 is 15.1 Å². The number of anilines is 1. The maximum Gasteiger partial charge on any atom is 0.296 e. The predicted octanol–water partition coefficient (Wildman–Crippen LogP) is 3.03. The topological polar surface area (TPSA) is 95.6 Å². The molecule has 0 aliphatic carbocycles. The van der Waals surface area contributed by atoms with Crippen LogP contribution in [-0.2, 0) is 0 Å². The second-order valence-electron chi connectivity index (χ2n) is 4.25. The summed E-state index contributed by atoms with van der Waals surface area (Å²) in [7, 11) is 0. The lowest BCUT2D eigenvalue weighted by Crippen LogP contribution is -2.19. The van der Waals surface area contributed by atoms with Gasteiger partial charge in [-0.05, 0) is 28.4 Å². The summed E-state index contributed by atoms with van der Waals surface area (Å²) >= 11 is 3.10. The third kappa shape index (κ3) is 4.68. The van der Waals surface area contributed by atoms with E-state index < -0.39 is 11.0 Å². The zero-order valence-electron chi connectivity index (χ0n) is 10.6. The monoisotopic (exact) mass is 332 g/mol. The summed E-state index contributed by atoms with van der Waals surface area (Å²) in [6.07, 6.45) is 2.00. The Balaban J connectivity index is 2.77. The van der Waals surface area contributed by atoms with Crippen LogP contribution in [0.4, 0.5) is 11.4 Å². The van der Waals surface area contributed by atoms with E-state index in [1.807, 2.05) is 6.92 Å². The second-order valence-corrected chi connectivity index (χ2v) is 5.11. The molecule has 7 heteroatoms. The zero-order chi connectivity index (χ0) is 14.4. The second kappa shape index (κ2) is 7.30. The SMILES string of the molecule is CCCCC(O)CNc1cc(Br)c(O)cc1[N+](=O)[O-]. The molecule has 19 heavy (non-hydrogen) atoms.